The first-order valence-electron chi connectivity index (χ1n) is 7.50. The van der Waals surface area contributed by atoms with Gasteiger partial charge >= 0.3 is 12.1 Å². The van der Waals surface area contributed by atoms with Crippen molar-refractivity contribution in [2.24, 2.45) is 0 Å². The molecule has 2 N–H and O–H groups in total. The maximum Gasteiger partial charge on any atom is 0.408 e. The molecule has 0 aliphatic heterocycles. The van der Waals surface area contributed by atoms with Gasteiger partial charge in [-0.1, -0.05) is 30.3 Å². The summed E-state index contributed by atoms with van der Waals surface area (Å²) in [6, 6.07) is 9.85. The van der Waals surface area contributed by atoms with Crippen LogP contribution in [0.2, 0.25) is 0 Å². The van der Waals surface area contributed by atoms with Gasteiger partial charge in [0.15, 0.2) is 0 Å². The number of carbonyl (C=O) groups excluding carboxylic acids is 2. The van der Waals surface area contributed by atoms with Crippen LogP contribution in [0.1, 0.15) is 12.5 Å². The van der Waals surface area contributed by atoms with Crippen LogP contribution in [0.25, 0.3) is 0 Å². The fourth-order valence-electron chi connectivity index (χ4n) is 2.08. The van der Waals surface area contributed by atoms with E-state index < -0.39 is 30.6 Å². The molecule has 0 aliphatic rings. The number of aliphatic carboxylic acids is 1. The lowest BCUT2D eigenvalue weighted by Crippen LogP contribution is -2.48. The Labute approximate surface area is 148 Å². The summed E-state index contributed by atoms with van der Waals surface area (Å²) in [6.45, 7) is 1.07. The number of hydrogen-bond donors (Lipinski definition) is 2. The number of anilines is 1. The molecule has 0 spiro atoms. The molecule has 0 unspecified atom stereocenters. The zero-order valence-corrected chi connectivity index (χ0v) is 14.4. The van der Waals surface area contributed by atoms with Crippen LogP contribution in [0.15, 0.2) is 47.2 Å². The van der Waals surface area contributed by atoms with E-state index in [9.17, 15) is 14.4 Å². The Morgan fingerprint density at radius 2 is 1.96 bits per heavy atom. The van der Waals surface area contributed by atoms with Crippen molar-refractivity contribution in [1.29, 1.82) is 0 Å². The second-order valence-corrected chi connectivity index (χ2v) is 6.01. The first-order valence-corrected chi connectivity index (χ1v) is 8.44. The molecule has 0 radical (unpaired) electrons. The minimum Gasteiger partial charge on any atom is -0.480 e. The Morgan fingerprint density at radius 1 is 1.24 bits per heavy atom. The van der Waals surface area contributed by atoms with Crippen molar-refractivity contribution in [2.75, 3.05) is 11.4 Å². The lowest BCUT2D eigenvalue weighted by molar-refractivity contribution is -0.136. The molecule has 0 fully saturated rings. The van der Waals surface area contributed by atoms with Gasteiger partial charge in [0.05, 0.1) is 5.69 Å². The summed E-state index contributed by atoms with van der Waals surface area (Å²) < 4.78 is 5.07. The van der Waals surface area contributed by atoms with Crippen LogP contribution in [0.3, 0.4) is 0 Å². The molecule has 1 heterocycles. The van der Waals surface area contributed by atoms with Crippen LogP contribution < -0.4 is 10.2 Å². The summed E-state index contributed by atoms with van der Waals surface area (Å²) in [6.07, 6.45) is -0.745. The molecule has 25 heavy (non-hydrogen) atoms. The van der Waals surface area contributed by atoms with E-state index in [1.165, 1.54) is 18.3 Å². The van der Waals surface area contributed by atoms with Crippen LogP contribution in [0.5, 0.6) is 0 Å². The molecule has 1 aromatic carbocycles. The molecule has 1 atom stereocenters. The maximum atomic E-state index is 12.5. The van der Waals surface area contributed by atoms with Gasteiger partial charge in [0.1, 0.15) is 19.2 Å². The van der Waals surface area contributed by atoms with Gasteiger partial charge in [-0.25, -0.2) is 4.79 Å². The molecule has 8 heteroatoms. The number of nitrogens with one attached hydrogen (secondary N) is 1. The second kappa shape index (κ2) is 8.84. The number of hydrogen-bond acceptors (Lipinski definition) is 5. The molecule has 0 saturated carbocycles. The van der Waals surface area contributed by atoms with Crippen LogP contribution in [0, 0.1) is 0 Å². The number of rotatable bonds is 7. The average Bonchev–Trinajstić information content (AvgIpc) is 3.12. The predicted molar refractivity (Wildman–Crippen MR) is 93.5 cm³/mol. The van der Waals surface area contributed by atoms with Crippen LogP contribution in [-0.4, -0.2) is 35.7 Å². The van der Waals surface area contributed by atoms with E-state index in [1.807, 2.05) is 30.3 Å². The quantitative estimate of drug-likeness (QED) is 0.789. The summed E-state index contributed by atoms with van der Waals surface area (Å²) in [4.78, 5) is 36.5. The molecule has 132 valence electrons. The minimum absolute atomic E-state index is 0.0803. The highest BCUT2D eigenvalue weighted by atomic mass is 32.1. The van der Waals surface area contributed by atoms with Gasteiger partial charge < -0.3 is 15.2 Å². The van der Waals surface area contributed by atoms with Crippen molar-refractivity contribution in [1.82, 2.24) is 5.32 Å². The normalized spacial score (nSPS) is 11.4. The summed E-state index contributed by atoms with van der Waals surface area (Å²) in [5.74, 6) is -1.67. The highest BCUT2D eigenvalue weighted by Gasteiger charge is 2.25. The Hall–Kier alpha value is -2.87. The summed E-state index contributed by atoms with van der Waals surface area (Å²) in [5.41, 5.74) is 1.30. The van der Waals surface area contributed by atoms with Gasteiger partial charge in [-0.2, -0.15) is 11.3 Å². The summed E-state index contributed by atoms with van der Waals surface area (Å²) in [7, 11) is 0. The van der Waals surface area contributed by atoms with E-state index in [2.05, 4.69) is 5.32 Å². The van der Waals surface area contributed by atoms with Crippen molar-refractivity contribution < 1.29 is 24.2 Å². The summed E-state index contributed by atoms with van der Waals surface area (Å²) in [5, 5.41) is 14.8. The number of alkyl carbamates (subject to hydrolysis) is 1. The zero-order chi connectivity index (χ0) is 18.2. The van der Waals surface area contributed by atoms with E-state index in [0.29, 0.717) is 5.69 Å². The number of nitrogens with zero attached hydrogens (tertiary/aromatic N) is 1. The van der Waals surface area contributed by atoms with E-state index in [0.717, 1.165) is 10.5 Å². The van der Waals surface area contributed by atoms with Crippen LogP contribution in [0.4, 0.5) is 10.5 Å². The third-order valence-corrected chi connectivity index (χ3v) is 3.97. The van der Waals surface area contributed by atoms with Gasteiger partial charge in [0.2, 0.25) is 5.91 Å². The van der Waals surface area contributed by atoms with Gasteiger partial charge in [0.25, 0.3) is 0 Å². The molecule has 0 bridgehead atoms. The number of amides is 2. The number of thiophene rings is 1. The van der Waals surface area contributed by atoms with E-state index in [-0.39, 0.29) is 6.61 Å². The van der Waals surface area contributed by atoms with Gasteiger partial charge in [0, 0.05) is 5.38 Å². The average molecular weight is 362 g/mol. The topological polar surface area (TPSA) is 95.9 Å². The lowest BCUT2D eigenvalue weighted by Gasteiger charge is -2.23. The highest BCUT2D eigenvalue weighted by molar-refractivity contribution is 7.08. The molecule has 2 aromatic rings. The smallest absolute Gasteiger partial charge is 0.408 e. The number of carbonyl (C=O) groups is 3. The molecular formula is C17H18N2O5S. The Morgan fingerprint density at radius 3 is 2.56 bits per heavy atom. The third kappa shape index (κ3) is 5.61. The summed E-state index contributed by atoms with van der Waals surface area (Å²) >= 11 is 1.34. The SMILES string of the molecule is C[C@H](NC(=O)OCc1ccccc1)C(=O)N(CC(=O)O)c1ccsc1. The zero-order valence-electron chi connectivity index (χ0n) is 13.5. The fraction of sp³-hybridized carbons (Fsp3) is 0.235. The highest BCUT2D eigenvalue weighted by Crippen LogP contribution is 2.19. The second-order valence-electron chi connectivity index (χ2n) is 5.23. The molecular weight excluding hydrogens is 344 g/mol. The number of carboxylic acid groups (broad SMARTS) is 1. The van der Waals surface area contributed by atoms with E-state index in [4.69, 9.17) is 9.84 Å². The van der Waals surface area contributed by atoms with Gasteiger partial charge in [-0.05, 0) is 23.9 Å². The molecule has 2 rings (SSSR count). The first-order chi connectivity index (χ1) is 12.0. The predicted octanol–water partition coefficient (Wildman–Crippen LogP) is 2.48. The van der Waals surface area contributed by atoms with E-state index in [1.54, 1.807) is 16.8 Å². The standard InChI is InChI=1S/C17H18N2O5S/c1-12(18-17(23)24-10-13-5-3-2-4-6-13)16(22)19(9-15(20)21)14-7-8-25-11-14/h2-8,11-12H,9-10H2,1H3,(H,18,23)(H,20,21)/t12-/m0/s1. The van der Waals surface area contributed by atoms with Crippen molar-refractivity contribution in [3.63, 3.8) is 0 Å². The monoisotopic (exact) mass is 362 g/mol. The fourth-order valence-corrected chi connectivity index (χ4v) is 2.72. The Bertz CT molecular complexity index is 718. The lowest BCUT2D eigenvalue weighted by atomic mass is 10.2. The maximum absolute atomic E-state index is 12.5. The van der Waals surface area contributed by atoms with Crippen molar-refractivity contribution in [2.45, 2.75) is 19.6 Å². The minimum atomic E-state index is -1.14. The van der Waals surface area contributed by atoms with Crippen LogP contribution in [-0.2, 0) is 20.9 Å². The number of carboxylic acids is 1. The third-order valence-electron chi connectivity index (χ3n) is 3.29. The number of ether oxygens (including phenoxy) is 1. The molecule has 2 amide bonds. The van der Waals surface area contributed by atoms with Gasteiger partial charge in [-0.15, -0.1) is 0 Å². The van der Waals surface area contributed by atoms with Gasteiger partial charge in [-0.3, -0.25) is 14.5 Å². The largest absolute Gasteiger partial charge is 0.480 e. The van der Waals surface area contributed by atoms with Crippen molar-refractivity contribution in [3.8, 4) is 0 Å². The molecule has 1 aromatic heterocycles. The Balaban J connectivity index is 1.93. The van der Waals surface area contributed by atoms with E-state index >= 15 is 0 Å². The molecule has 7 nitrogen and oxygen atoms in total. The molecule has 0 saturated heterocycles. The number of benzene rings is 1. The Kier molecular flexibility index (Phi) is 6.53. The van der Waals surface area contributed by atoms with Crippen LogP contribution >= 0.6 is 11.3 Å². The molecule has 0 aliphatic carbocycles. The first kappa shape index (κ1) is 18.5. The van der Waals surface area contributed by atoms with Crippen molar-refractivity contribution in [3.05, 3.63) is 52.7 Å². The van der Waals surface area contributed by atoms with Crippen molar-refractivity contribution >= 4 is 35.0 Å².